The second-order valence-electron chi connectivity index (χ2n) is 6.24. The average molecular weight is 477 g/mol. The van der Waals surface area contributed by atoms with Gasteiger partial charge in [0, 0.05) is 28.1 Å². The van der Waals surface area contributed by atoms with E-state index in [2.05, 4.69) is 26.1 Å². The summed E-state index contributed by atoms with van der Waals surface area (Å²) in [5.74, 6) is 2.16. The Labute approximate surface area is 179 Å². The third-order valence-electron chi connectivity index (χ3n) is 4.09. The van der Waals surface area contributed by atoms with Crippen LogP contribution in [0.2, 0.25) is 0 Å². The molecular formula is C20H17BrN2O5S. The van der Waals surface area contributed by atoms with Gasteiger partial charge in [-0.15, -0.1) is 0 Å². The Bertz CT molecular complexity index is 1040. The van der Waals surface area contributed by atoms with E-state index in [1.807, 2.05) is 25.1 Å². The van der Waals surface area contributed by atoms with Gasteiger partial charge in [0.1, 0.15) is 30.6 Å². The van der Waals surface area contributed by atoms with Crippen molar-refractivity contribution in [2.45, 2.75) is 24.3 Å². The lowest BCUT2D eigenvalue weighted by molar-refractivity contribution is 0.0466. The van der Waals surface area contributed by atoms with Crippen LogP contribution in [-0.4, -0.2) is 29.3 Å². The zero-order valence-corrected chi connectivity index (χ0v) is 17.9. The first-order valence-electron chi connectivity index (χ1n) is 8.85. The summed E-state index contributed by atoms with van der Waals surface area (Å²) in [7, 11) is 0. The number of fused-ring (bicyclic) bond motifs is 1. The summed E-state index contributed by atoms with van der Waals surface area (Å²) in [5.41, 5.74) is 1.99. The number of carbonyl (C=O) groups is 1. The molecule has 0 fully saturated rings. The normalized spacial score (nSPS) is 12.6. The monoisotopic (exact) mass is 476 g/mol. The third-order valence-corrected chi connectivity index (χ3v) is 5.87. The van der Waals surface area contributed by atoms with Crippen LogP contribution < -0.4 is 9.47 Å². The zero-order chi connectivity index (χ0) is 20.2. The van der Waals surface area contributed by atoms with Crippen molar-refractivity contribution < 1.29 is 23.5 Å². The van der Waals surface area contributed by atoms with Gasteiger partial charge in [-0.05, 0) is 31.2 Å². The Kier molecular flexibility index (Phi) is 6.05. The molecule has 0 saturated heterocycles. The predicted molar refractivity (Wildman–Crippen MR) is 109 cm³/mol. The van der Waals surface area contributed by atoms with Gasteiger partial charge < -0.3 is 18.7 Å². The molecule has 0 bridgehead atoms. The molecule has 2 aromatic heterocycles. The number of halogens is 1. The number of benzene rings is 1. The molecule has 4 rings (SSSR count). The molecule has 0 spiro atoms. The number of rotatable bonds is 6. The summed E-state index contributed by atoms with van der Waals surface area (Å²) in [6, 6.07) is 8.90. The van der Waals surface area contributed by atoms with Gasteiger partial charge in [0.25, 0.3) is 0 Å². The molecule has 0 aliphatic carbocycles. The molecule has 29 heavy (non-hydrogen) atoms. The fourth-order valence-electron chi connectivity index (χ4n) is 2.73. The van der Waals surface area contributed by atoms with E-state index in [-0.39, 0.29) is 6.61 Å². The standard InChI is InChI=1S/C20H17BrN2O5S/c1-12-7-14(23-28-12)11-29-19-15(3-2-4-22-19)20(24)27-10-13-8-17-18(9-16(13)21)26-6-5-25-17/h2-4,7-9H,5-6,10-11H2,1H3. The topological polar surface area (TPSA) is 83.7 Å². The molecule has 0 saturated carbocycles. The molecule has 7 nitrogen and oxygen atoms in total. The number of esters is 1. The van der Waals surface area contributed by atoms with Crippen molar-refractivity contribution in [3.63, 3.8) is 0 Å². The predicted octanol–water partition coefficient (Wildman–Crippen LogP) is 4.56. The maximum absolute atomic E-state index is 12.7. The maximum Gasteiger partial charge on any atom is 0.341 e. The first-order chi connectivity index (χ1) is 14.1. The van der Waals surface area contributed by atoms with Crippen molar-refractivity contribution in [2.24, 2.45) is 0 Å². The van der Waals surface area contributed by atoms with Gasteiger partial charge in [-0.1, -0.05) is 32.8 Å². The van der Waals surface area contributed by atoms with Crippen molar-refractivity contribution in [1.29, 1.82) is 0 Å². The van der Waals surface area contributed by atoms with Crippen LogP contribution in [0.15, 0.2) is 50.6 Å². The van der Waals surface area contributed by atoms with Gasteiger partial charge in [0.2, 0.25) is 0 Å². The van der Waals surface area contributed by atoms with Crippen LogP contribution in [0.5, 0.6) is 11.5 Å². The Morgan fingerprint density at radius 1 is 1.24 bits per heavy atom. The molecule has 1 aromatic carbocycles. The van der Waals surface area contributed by atoms with Gasteiger partial charge in [-0.25, -0.2) is 9.78 Å². The highest BCUT2D eigenvalue weighted by Crippen LogP contribution is 2.36. The fraction of sp³-hybridized carbons (Fsp3) is 0.250. The largest absolute Gasteiger partial charge is 0.486 e. The summed E-state index contributed by atoms with van der Waals surface area (Å²) < 4.78 is 22.5. The molecule has 1 aliphatic heterocycles. The molecule has 0 unspecified atom stereocenters. The number of ether oxygens (including phenoxy) is 3. The number of aryl methyl sites for hydroxylation is 1. The summed E-state index contributed by atoms with van der Waals surface area (Å²) in [5, 5.41) is 4.54. The van der Waals surface area contributed by atoms with Gasteiger partial charge >= 0.3 is 5.97 Å². The second-order valence-corrected chi connectivity index (χ2v) is 8.06. The Morgan fingerprint density at radius 3 is 2.79 bits per heavy atom. The Balaban J connectivity index is 1.44. The van der Waals surface area contributed by atoms with E-state index in [0.29, 0.717) is 41.1 Å². The highest BCUT2D eigenvalue weighted by Gasteiger charge is 2.18. The van der Waals surface area contributed by atoms with Crippen LogP contribution in [0.4, 0.5) is 0 Å². The molecule has 0 N–H and O–H groups in total. The minimum absolute atomic E-state index is 0.0948. The minimum atomic E-state index is -0.446. The van der Waals surface area contributed by atoms with Crippen LogP contribution in [0.1, 0.15) is 27.4 Å². The Hall–Kier alpha value is -2.52. The van der Waals surface area contributed by atoms with Crippen molar-refractivity contribution >= 4 is 33.7 Å². The van der Waals surface area contributed by atoms with Crippen LogP contribution in [0.3, 0.4) is 0 Å². The molecule has 1 aliphatic rings. The van der Waals surface area contributed by atoms with Crippen LogP contribution in [0, 0.1) is 6.92 Å². The minimum Gasteiger partial charge on any atom is -0.486 e. The van der Waals surface area contributed by atoms with E-state index in [1.165, 1.54) is 11.8 Å². The number of hydrogen-bond acceptors (Lipinski definition) is 8. The summed E-state index contributed by atoms with van der Waals surface area (Å²) in [6.07, 6.45) is 1.64. The van der Waals surface area contributed by atoms with E-state index in [4.69, 9.17) is 18.7 Å². The molecule has 150 valence electrons. The van der Waals surface area contributed by atoms with E-state index in [0.717, 1.165) is 21.5 Å². The smallest absolute Gasteiger partial charge is 0.341 e. The molecule has 9 heteroatoms. The highest BCUT2D eigenvalue weighted by molar-refractivity contribution is 9.10. The molecule has 3 heterocycles. The first kappa shape index (κ1) is 19.8. The van der Waals surface area contributed by atoms with Gasteiger partial charge in [0.05, 0.1) is 11.3 Å². The number of hydrogen-bond donors (Lipinski definition) is 0. The number of aromatic nitrogens is 2. The summed E-state index contributed by atoms with van der Waals surface area (Å²) in [6.45, 7) is 2.94. The lowest BCUT2D eigenvalue weighted by Crippen LogP contribution is -2.16. The average Bonchev–Trinajstić information content (AvgIpc) is 3.16. The maximum atomic E-state index is 12.7. The van der Waals surface area contributed by atoms with Crippen LogP contribution >= 0.6 is 27.7 Å². The first-order valence-corrected chi connectivity index (χ1v) is 10.6. The van der Waals surface area contributed by atoms with Crippen molar-refractivity contribution in [3.05, 3.63) is 63.6 Å². The van der Waals surface area contributed by atoms with E-state index < -0.39 is 5.97 Å². The van der Waals surface area contributed by atoms with E-state index >= 15 is 0 Å². The SMILES string of the molecule is Cc1cc(CSc2ncccc2C(=O)OCc2cc3c(cc2Br)OCCO3)no1. The van der Waals surface area contributed by atoms with E-state index in [1.54, 1.807) is 18.3 Å². The molecule has 0 atom stereocenters. The van der Waals surface area contributed by atoms with Gasteiger partial charge in [-0.2, -0.15) is 0 Å². The van der Waals surface area contributed by atoms with Gasteiger partial charge in [-0.3, -0.25) is 0 Å². The van der Waals surface area contributed by atoms with Crippen LogP contribution in [-0.2, 0) is 17.1 Å². The third kappa shape index (κ3) is 4.73. The van der Waals surface area contributed by atoms with Crippen molar-refractivity contribution in [2.75, 3.05) is 13.2 Å². The number of carbonyl (C=O) groups excluding carboxylic acids is 1. The highest BCUT2D eigenvalue weighted by atomic mass is 79.9. The molecule has 3 aromatic rings. The van der Waals surface area contributed by atoms with Crippen molar-refractivity contribution in [1.82, 2.24) is 10.1 Å². The van der Waals surface area contributed by atoms with Crippen LogP contribution in [0.25, 0.3) is 0 Å². The molecule has 0 amide bonds. The zero-order valence-electron chi connectivity index (χ0n) is 15.5. The van der Waals surface area contributed by atoms with E-state index in [9.17, 15) is 4.79 Å². The lowest BCUT2D eigenvalue weighted by Gasteiger charge is -2.20. The summed E-state index contributed by atoms with van der Waals surface area (Å²) in [4.78, 5) is 17.0. The molecule has 0 radical (unpaired) electrons. The summed E-state index contributed by atoms with van der Waals surface area (Å²) >= 11 is 4.89. The molecular weight excluding hydrogens is 460 g/mol. The fourth-order valence-corrected chi connectivity index (χ4v) is 4.03. The Morgan fingerprint density at radius 2 is 2.03 bits per heavy atom. The number of thioether (sulfide) groups is 1. The number of pyridine rings is 1. The van der Waals surface area contributed by atoms with Crippen molar-refractivity contribution in [3.8, 4) is 11.5 Å². The number of nitrogens with zero attached hydrogens (tertiary/aromatic N) is 2. The van der Waals surface area contributed by atoms with Gasteiger partial charge in [0.15, 0.2) is 11.5 Å². The second kappa shape index (κ2) is 8.87. The quantitative estimate of drug-likeness (QED) is 0.378. The lowest BCUT2D eigenvalue weighted by atomic mass is 10.2.